The van der Waals surface area contributed by atoms with Crippen molar-refractivity contribution >= 4 is 16.7 Å². The van der Waals surface area contributed by atoms with Crippen LogP contribution in [0.4, 0.5) is 0 Å². The van der Waals surface area contributed by atoms with Crippen molar-refractivity contribution in [3.05, 3.63) is 29.5 Å². The highest BCUT2D eigenvalue weighted by Gasteiger charge is 2.06. The van der Waals surface area contributed by atoms with Crippen molar-refractivity contribution in [1.29, 1.82) is 0 Å². The summed E-state index contributed by atoms with van der Waals surface area (Å²) in [7, 11) is 0. The Morgan fingerprint density at radius 3 is 2.92 bits per heavy atom. The molecular formula is C10H9NO2. The van der Waals surface area contributed by atoms with Crippen LogP contribution in [-0.4, -0.2) is 10.9 Å². The molecule has 1 heterocycles. The Kier molecular flexibility index (Phi) is 1.65. The SMILES string of the molecule is CC(=O)c1ccc2noc(C)c2c1. The number of nitrogens with zero attached hydrogens (tertiary/aromatic N) is 1. The first-order valence-corrected chi connectivity index (χ1v) is 4.05. The molecule has 3 nitrogen and oxygen atoms in total. The second-order valence-corrected chi connectivity index (χ2v) is 3.03. The fraction of sp³-hybridized carbons (Fsp3) is 0.200. The normalized spacial score (nSPS) is 10.6. The minimum atomic E-state index is 0.0579. The number of aromatic nitrogens is 1. The molecule has 0 saturated carbocycles. The Morgan fingerprint density at radius 2 is 2.23 bits per heavy atom. The van der Waals surface area contributed by atoms with Gasteiger partial charge >= 0.3 is 0 Å². The van der Waals surface area contributed by atoms with E-state index in [9.17, 15) is 4.79 Å². The third-order valence-electron chi connectivity index (χ3n) is 2.06. The van der Waals surface area contributed by atoms with Crippen molar-refractivity contribution in [3.63, 3.8) is 0 Å². The number of hydrogen-bond acceptors (Lipinski definition) is 3. The smallest absolute Gasteiger partial charge is 0.159 e. The van der Waals surface area contributed by atoms with Crippen molar-refractivity contribution < 1.29 is 9.32 Å². The third-order valence-corrected chi connectivity index (χ3v) is 2.06. The van der Waals surface area contributed by atoms with E-state index in [1.54, 1.807) is 19.1 Å². The standard InChI is InChI=1S/C10H9NO2/c1-6(12)8-3-4-10-9(5-8)7(2)13-11-10/h3-5H,1-2H3. The molecule has 0 N–H and O–H groups in total. The van der Waals surface area contributed by atoms with Gasteiger partial charge in [0.15, 0.2) is 5.78 Å². The third kappa shape index (κ3) is 1.22. The predicted molar refractivity (Wildman–Crippen MR) is 48.8 cm³/mol. The average Bonchev–Trinajstić information content (AvgIpc) is 2.47. The molecule has 13 heavy (non-hydrogen) atoms. The molecule has 0 aliphatic carbocycles. The van der Waals surface area contributed by atoms with Gasteiger partial charge in [-0.3, -0.25) is 4.79 Å². The van der Waals surface area contributed by atoms with E-state index in [2.05, 4.69) is 5.16 Å². The lowest BCUT2D eigenvalue weighted by molar-refractivity contribution is 0.101. The number of carbonyl (C=O) groups excluding carboxylic acids is 1. The predicted octanol–water partition coefficient (Wildman–Crippen LogP) is 2.34. The zero-order valence-corrected chi connectivity index (χ0v) is 7.50. The first kappa shape index (κ1) is 7.98. The summed E-state index contributed by atoms with van der Waals surface area (Å²) in [6, 6.07) is 5.36. The first-order valence-electron chi connectivity index (χ1n) is 4.05. The lowest BCUT2D eigenvalue weighted by Gasteiger charge is -1.93. The van der Waals surface area contributed by atoms with Crippen molar-refractivity contribution in [1.82, 2.24) is 5.16 Å². The van der Waals surface area contributed by atoms with Gasteiger partial charge in [-0.05, 0) is 32.0 Å². The van der Waals surface area contributed by atoms with Gasteiger partial charge in [0.1, 0.15) is 11.3 Å². The highest BCUT2D eigenvalue weighted by molar-refractivity contribution is 5.98. The number of rotatable bonds is 1. The summed E-state index contributed by atoms with van der Waals surface area (Å²) < 4.78 is 4.99. The molecule has 0 fully saturated rings. The van der Waals surface area contributed by atoms with E-state index in [0.29, 0.717) is 5.56 Å². The number of Topliss-reactive ketones (excluding diaryl/α,β-unsaturated/α-hetero) is 1. The molecule has 0 unspecified atom stereocenters. The average molecular weight is 175 g/mol. The summed E-state index contributed by atoms with van der Waals surface area (Å²) in [5.41, 5.74) is 1.49. The molecule has 66 valence electrons. The molecule has 0 bridgehead atoms. The quantitative estimate of drug-likeness (QED) is 0.625. The van der Waals surface area contributed by atoms with Crippen LogP contribution in [0.5, 0.6) is 0 Å². The van der Waals surface area contributed by atoms with Crippen LogP contribution in [0.2, 0.25) is 0 Å². The van der Waals surface area contributed by atoms with Gasteiger partial charge in [0, 0.05) is 10.9 Å². The number of aryl methyl sites for hydroxylation is 1. The fourth-order valence-corrected chi connectivity index (χ4v) is 1.28. The maximum Gasteiger partial charge on any atom is 0.159 e. The van der Waals surface area contributed by atoms with Gasteiger partial charge in [-0.25, -0.2) is 0 Å². The van der Waals surface area contributed by atoms with Crippen molar-refractivity contribution in [2.75, 3.05) is 0 Å². The van der Waals surface area contributed by atoms with Gasteiger partial charge in [-0.2, -0.15) is 0 Å². The molecule has 0 atom stereocenters. The van der Waals surface area contributed by atoms with E-state index >= 15 is 0 Å². The topological polar surface area (TPSA) is 43.1 Å². The Bertz CT molecular complexity index is 471. The number of fused-ring (bicyclic) bond motifs is 1. The van der Waals surface area contributed by atoms with Crippen LogP contribution < -0.4 is 0 Å². The van der Waals surface area contributed by atoms with E-state index in [-0.39, 0.29) is 5.78 Å². The summed E-state index contributed by atoms with van der Waals surface area (Å²) in [6.45, 7) is 3.38. The summed E-state index contributed by atoms with van der Waals surface area (Å²) in [5, 5.41) is 4.74. The largest absolute Gasteiger partial charge is 0.360 e. The van der Waals surface area contributed by atoms with Gasteiger partial charge in [0.25, 0.3) is 0 Å². The second-order valence-electron chi connectivity index (χ2n) is 3.03. The second kappa shape index (κ2) is 2.69. The molecule has 0 aliphatic rings. The van der Waals surface area contributed by atoms with Crippen LogP contribution in [0.3, 0.4) is 0 Å². The summed E-state index contributed by atoms with van der Waals surface area (Å²) in [5.74, 6) is 0.806. The monoisotopic (exact) mass is 175 g/mol. The summed E-state index contributed by atoms with van der Waals surface area (Å²) in [6.07, 6.45) is 0. The first-order chi connectivity index (χ1) is 6.18. The van der Waals surface area contributed by atoms with Crippen LogP contribution in [0, 0.1) is 6.92 Å². The molecule has 0 aliphatic heterocycles. The van der Waals surface area contributed by atoms with Crippen LogP contribution in [0.1, 0.15) is 23.0 Å². The fourth-order valence-electron chi connectivity index (χ4n) is 1.28. The maximum atomic E-state index is 11.1. The molecule has 0 amide bonds. The molecular weight excluding hydrogens is 166 g/mol. The van der Waals surface area contributed by atoms with Gasteiger partial charge in [-0.1, -0.05) is 5.16 Å². The molecule has 1 aromatic carbocycles. The van der Waals surface area contributed by atoms with E-state index in [4.69, 9.17) is 4.52 Å². The van der Waals surface area contributed by atoms with Gasteiger partial charge in [0.2, 0.25) is 0 Å². The molecule has 0 saturated heterocycles. The Labute approximate surface area is 75.3 Å². The summed E-state index contributed by atoms with van der Waals surface area (Å²) in [4.78, 5) is 11.1. The Morgan fingerprint density at radius 1 is 1.46 bits per heavy atom. The van der Waals surface area contributed by atoms with Crippen LogP contribution in [-0.2, 0) is 0 Å². The Hall–Kier alpha value is -1.64. The number of benzene rings is 1. The number of ketones is 1. The van der Waals surface area contributed by atoms with Crippen molar-refractivity contribution in [3.8, 4) is 0 Å². The van der Waals surface area contributed by atoms with Gasteiger partial charge < -0.3 is 4.52 Å². The van der Waals surface area contributed by atoms with E-state index in [0.717, 1.165) is 16.7 Å². The maximum absolute atomic E-state index is 11.1. The molecule has 2 rings (SSSR count). The van der Waals surface area contributed by atoms with Crippen molar-refractivity contribution in [2.24, 2.45) is 0 Å². The van der Waals surface area contributed by atoms with E-state index < -0.39 is 0 Å². The molecule has 1 aromatic heterocycles. The molecule has 0 spiro atoms. The van der Waals surface area contributed by atoms with Gasteiger partial charge in [0.05, 0.1) is 0 Å². The zero-order valence-electron chi connectivity index (χ0n) is 7.50. The lowest BCUT2D eigenvalue weighted by Crippen LogP contribution is -1.90. The Balaban J connectivity index is 2.72. The highest BCUT2D eigenvalue weighted by Crippen LogP contribution is 2.18. The van der Waals surface area contributed by atoms with Crippen LogP contribution in [0.25, 0.3) is 10.9 Å². The van der Waals surface area contributed by atoms with E-state index in [1.165, 1.54) is 0 Å². The van der Waals surface area contributed by atoms with Gasteiger partial charge in [-0.15, -0.1) is 0 Å². The number of hydrogen-bond donors (Lipinski definition) is 0. The zero-order chi connectivity index (χ0) is 9.42. The highest BCUT2D eigenvalue weighted by atomic mass is 16.5. The minimum Gasteiger partial charge on any atom is -0.360 e. The number of carbonyl (C=O) groups is 1. The van der Waals surface area contributed by atoms with Crippen LogP contribution >= 0.6 is 0 Å². The van der Waals surface area contributed by atoms with Crippen LogP contribution in [0.15, 0.2) is 22.7 Å². The van der Waals surface area contributed by atoms with Crippen molar-refractivity contribution in [2.45, 2.75) is 13.8 Å². The molecule has 0 radical (unpaired) electrons. The van der Waals surface area contributed by atoms with E-state index in [1.807, 2.05) is 13.0 Å². The summed E-state index contributed by atoms with van der Waals surface area (Å²) >= 11 is 0. The lowest BCUT2D eigenvalue weighted by atomic mass is 10.1. The minimum absolute atomic E-state index is 0.0579. The molecule has 2 aromatic rings. The molecule has 3 heteroatoms.